The summed E-state index contributed by atoms with van der Waals surface area (Å²) in [6.45, 7) is 0. The van der Waals surface area contributed by atoms with Gasteiger partial charge in [-0.1, -0.05) is 12.1 Å². The number of nitrogens with two attached hydrogens (primary N) is 1. The van der Waals surface area contributed by atoms with E-state index in [9.17, 15) is 0 Å². The number of nitrogens with zero attached hydrogens (tertiary/aromatic N) is 2. The van der Waals surface area contributed by atoms with E-state index in [4.69, 9.17) is 5.73 Å². The number of aromatic nitrogens is 3. The van der Waals surface area contributed by atoms with Gasteiger partial charge in [0.15, 0.2) is 0 Å². The monoisotopic (exact) mass is 290 g/mol. The zero-order valence-electron chi connectivity index (χ0n) is 9.24. The van der Waals surface area contributed by atoms with E-state index in [1.165, 1.54) is 0 Å². The Morgan fingerprint density at radius 3 is 2.94 bits per heavy atom. The first-order chi connectivity index (χ1) is 8.16. The average Bonchev–Trinajstić information content (AvgIpc) is 2.85. The molecule has 86 valence electrons. The zero-order chi connectivity index (χ0) is 12.0. The van der Waals surface area contributed by atoms with Crippen LogP contribution < -0.4 is 5.73 Å². The summed E-state index contributed by atoms with van der Waals surface area (Å²) in [4.78, 5) is 3.21. The van der Waals surface area contributed by atoms with Crippen molar-refractivity contribution in [2.45, 2.75) is 0 Å². The molecule has 0 atom stereocenters. The van der Waals surface area contributed by atoms with Crippen LogP contribution in [-0.2, 0) is 7.05 Å². The van der Waals surface area contributed by atoms with Gasteiger partial charge in [0.05, 0.1) is 6.20 Å². The molecule has 2 heterocycles. The normalized spacial score (nSPS) is 11.2. The molecule has 0 bridgehead atoms. The predicted molar refractivity (Wildman–Crippen MR) is 72.6 cm³/mol. The molecule has 4 nitrogen and oxygen atoms in total. The molecule has 0 aliphatic rings. The van der Waals surface area contributed by atoms with E-state index in [0.717, 1.165) is 26.5 Å². The predicted octanol–water partition coefficient (Wildman–Crippen LogP) is 2.91. The van der Waals surface area contributed by atoms with Crippen LogP contribution in [0.25, 0.3) is 22.0 Å². The van der Waals surface area contributed by atoms with Crippen LogP contribution in [0.15, 0.2) is 35.1 Å². The smallest absolute Gasteiger partial charge is 0.129 e. The number of halogens is 1. The number of nitrogens with one attached hydrogen (secondary N) is 1. The molecule has 0 aliphatic heterocycles. The lowest BCUT2D eigenvalue weighted by atomic mass is 10.1. The van der Waals surface area contributed by atoms with E-state index in [1.807, 2.05) is 19.3 Å². The Morgan fingerprint density at radius 1 is 1.41 bits per heavy atom. The summed E-state index contributed by atoms with van der Waals surface area (Å²) < 4.78 is 2.74. The van der Waals surface area contributed by atoms with Crippen molar-refractivity contribution in [3.8, 4) is 11.1 Å². The summed E-state index contributed by atoms with van der Waals surface area (Å²) in [5.74, 6) is 0.676. The Hall–Kier alpha value is -1.75. The molecule has 5 heteroatoms. The van der Waals surface area contributed by atoms with Gasteiger partial charge in [-0.05, 0) is 27.6 Å². The summed E-state index contributed by atoms with van der Waals surface area (Å²) in [6, 6.07) is 6.19. The number of aromatic amines is 1. The van der Waals surface area contributed by atoms with Crippen molar-refractivity contribution in [3.05, 3.63) is 35.1 Å². The van der Waals surface area contributed by atoms with Gasteiger partial charge in [0.1, 0.15) is 5.82 Å². The van der Waals surface area contributed by atoms with Gasteiger partial charge < -0.3 is 10.7 Å². The summed E-state index contributed by atoms with van der Waals surface area (Å²) in [7, 11) is 1.84. The first-order valence-corrected chi connectivity index (χ1v) is 6.00. The molecule has 0 spiro atoms. The van der Waals surface area contributed by atoms with Gasteiger partial charge in [-0.15, -0.1) is 0 Å². The van der Waals surface area contributed by atoms with Crippen molar-refractivity contribution in [2.24, 2.45) is 7.05 Å². The first-order valence-electron chi connectivity index (χ1n) is 5.21. The second kappa shape index (κ2) is 3.63. The molecule has 3 aromatic rings. The minimum Gasteiger partial charge on any atom is -0.383 e. The molecule has 0 fully saturated rings. The van der Waals surface area contributed by atoms with Crippen molar-refractivity contribution in [2.75, 3.05) is 5.73 Å². The second-order valence-corrected chi connectivity index (χ2v) is 4.82. The van der Waals surface area contributed by atoms with Crippen LogP contribution in [0.2, 0.25) is 0 Å². The van der Waals surface area contributed by atoms with Gasteiger partial charge in [-0.3, -0.25) is 4.68 Å². The topological polar surface area (TPSA) is 59.6 Å². The lowest BCUT2D eigenvalue weighted by molar-refractivity contribution is 0.779. The van der Waals surface area contributed by atoms with Crippen LogP contribution in [-0.4, -0.2) is 14.8 Å². The fourth-order valence-corrected chi connectivity index (χ4v) is 2.39. The Bertz CT molecular complexity index is 696. The molecule has 3 N–H and O–H groups in total. The number of fused-ring (bicyclic) bond motifs is 1. The first kappa shape index (κ1) is 10.4. The van der Waals surface area contributed by atoms with Crippen molar-refractivity contribution < 1.29 is 0 Å². The summed E-state index contributed by atoms with van der Waals surface area (Å²) in [6.07, 6.45) is 3.72. The van der Waals surface area contributed by atoms with Crippen molar-refractivity contribution in [1.82, 2.24) is 14.8 Å². The molecule has 0 saturated carbocycles. The number of nitrogen functional groups attached to an aromatic ring is 1. The highest BCUT2D eigenvalue weighted by molar-refractivity contribution is 9.10. The van der Waals surface area contributed by atoms with Gasteiger partial charge in [0, 0.05) is 34.2 Å². The molecule has 3 rings (SSSR count). The van der Waals surface area contributed by atoms with Crippen molar-refractivity contribution in [1.29, 1.82) is 0 Å². The Kier molecular flexibility index (Phi) is 2.22. The lowest BCUT2D eigenvalue weighted by Gasteiger charge is -2.01. The number of anilines is 1. The minimum atomic E-state index is 0.676. The molecule has 0 amide bonds. The summed E-state index contributed by atoms with van der Waals surface area (Å²) in [5, 5.41) is 5.31. The van der Waals surface area contributed by atoms with Gasteiger partial charge in [-0.2, -0.15) is 5.10 Å². The van der Waals surface area contributed by atoms with Crippen LogP contribution in [0.1, 0.15) is 0 Å². The second-order valence-electron chi connectivity index (χ2n) is 3.96. The molecule has 0 radical (unpaired) electrons. The van der Waals surface area contributed by atoms with E-state index in [-0.39, 0.29) is 0 Å². The standard InChI is InChI=1S/C12H11BrN4/c1-17-12(14)9(5-16-17)7-2-3-8-10(13)6-15-11(8)4-7/h2-6,15H,14H2,1H3. The third kappa shape index (κ3) is 1.54. The summed E-state index contributed by atoms with van der Waals surface area (Å²) >= 11 is 3.49. The van der Waals surface area contributed by atoms with E-state index in [0.29, 0.717) is 5.82 Å². The van der Waals surface area contributed by atoms with Gasteiger partial charge in [-0.25, -0.2) is 0 Å². The molecule has 0 saturated heterocycles. The van der Waals surface area contributed by atoms with E-state index in [2.05, 4.69) is 38.1 Å². The van der Waals surface area contributed by atoms with Crippen molar-refractivity contribution >= 4 is 32.7 Å². The fraction of sp³-hybridized carbons (Fsp3) is 0.0833. The van der Waals surface area contributed by atoms with E-state index in [1.54, 1.807) is 10.9 Å². The zero-order valence-corrected chi connectivity index (χ0v) is 10.8. The number of H-pyrrole nitrogens is 1. The number of rotatable bonds is 1. The van der Waals surface area contributed by atoms with Crippen molar-refractivity contribution in [3.63, 3.8) is 0 Å². The average molecular weight is 291 g/mol. The number of aryl methyl sites for hydroxylation is 1. The third-order valence-electron chi connectivity index (χ3n) is 2.93. The van der Waals surface area contributed by atoms with E-state index >= 15 is 0 Å². The summed E-state index contributed by atoms with van der Waals surface area (Å²) in [5.41, 5.74) is 9.07. The number of hydrogen-bond donors (Lipinski definition) is 2. The molecule has 1 aromatic carbocycles. The quantitative estimate of drug-likeness (QED) is 0.724. The molecule has 17 heavy (non-hydrogen) atoms. The molecule has 0 unspecified atom stereocenters. The van der Waals surface area contributed by atoms with Gasteiger partial charge >= 0.3 is 0 Å². The maximum atomic E-state index is 5.96. The Labute approximate surface area is 107 Å². The highest BCUT2D eigenvalue weighted by Gasteiger charge is 2.09. The molecule has 0 aliphatic carbocycles. The van der Waals surface area contributed by atoms with Crippen LogP contribution in [0.5, 0.6) is 0 Å². The number of benzene rings is 1. The van der Waals surface area contributed by atoms with E-state index < -0.39 is 0 Å². The fourth-order valence-electron chi connectivity index (χ4n) is 1.93. The molecule has 2 aromatic heterocycles. The lowest BCUT2D eigenvalue weighted by Crippen LogP contribution is -1.97. The van der Waals surface area contributed by atoms with Gasteiger partial charge in [0.25, 0.3) is 0 Å². The maximum absolute atomic E-state index is 5.96. The molecular weight excluding hydrogens is 280 g/mol. The largest absolute Gasteiger partial charge is 0.383 e. The van der Waals surface area contributed by atoms with Crippen LogP contribution in [0, 0.1) is 0 Å². The molecular formula is C12H11BrN4. The van der Waals surface area contributed by atoms with Crippen LogP contribution in [0.4, 0.5) is 5.82 Å². The van der Waals surface area contributed by atoms with Gasteiger partial charge in [0.2, 0.25) is 0 Å². The Balaban J connectivity index is 2.21. The Morgan fingerprint density at radius 2 is 2.24 bits per heavy atom. The highest BCUT2D eigenvalue weighted by Crippen LogP contribution is 2.30. The maximum Gasteiger partial charge on any atom is 0.129 e. The highest BCUT2D eigenvalue weighted by atomic mass is 79.9. The number of hydrogen-bond acceptors (Lipinski definition) is 2. The minimum absolute atomic E-state index is 0.676. The van der Waals surface area contributed by atoms with Crippen LogP contribution in [0.3, 0.4) is 0 Å². The van der Waals surface area contributed by atoms with Crippen LogP contribution >= 0.6 is 15.9 Å². The SMILES string of the molecule is Cn1ncc(-c2ccc3c(Br)c[nH]c3c2)c1N. The third-order valence-corrected chi connectivity index (χ3v) is 3.58.